The van der Waals surface area contributed by atoms with Gasteiger partial charge in [0, 0.05) is 18.8 Å². The van der Waals surface area contributed by atoms with Crippen LogP contribution in [0.5, 0.6) is 0 Å². The van der Waals surface area contributed by atoms with E-state index in [0.717, 1.165) is 9.75 Å². The molecule has 2 N–H and O–H groups in total. The van der Waals surface area contributed by atoms with Crippen LogP contribution < -0.4 is 22.3 Å². The molecule has 1 aromatic heterocycles. The van der Waals surface area contributed by atoms with Crippen molar-refractivity contribution in [2.75, 3.05) is 0 Å². The molecule has 2 aromatic rings. The predicted octanol–water partition coefficient (Wildman–Crippen LogP) is 0.814. The third-order valence-corrected chi connectivity index (χ3v) is 7.81. The topological polar surface area (TPSA) is 106 Å². The number of benzene rings is 1. The van der Waals surface area contributed by atoms with Crippen molar-refractivity contribution in [3.63, 3.8) is 0 Å². The Morgan fingerprint density at radius 2 is 1.44 bits per heavy atom. The third kappa shape index (κ3) is 5.62. The van der Waals surface area contributed by atoms with E-state index in [0.29, 0.717) is 12.5 Å². The van der Waals surface area contributed by atoms with E-state index in [2.05, 4.69) is 9.97 Å². The molecule has 27 heavy (non-hydrogen) atoms. The van der Waals surface area contributed by atoms with E-state index in [-0.39, 0.29) is 18.8 Å². The van der Waals surface area contributed by atoms with Crippen molar-refractivity contribution in [3.05, 3.63) is 61.8 Å². The van der Waals surface area contributed by atoms with Crippen LogP contribution in [0.25, 0.3) is 0 Å². The minimum atomic E-state index is -2.80. The van der Waals surface area contributed by atoms with Crippen LogP contribution in [0, 0.1) is 0 Å². The van der Waals surface area contributed by atoms with E-state index < -0.39 is 25.6 Å². The lowest BCUT2D eigenvalue weighted by Crippen LogP contribution is -2.56. The lowest BCUT2D eigenvalue weighted by atomic mass is 10.4. The van der Waals surface area contributed by atoms with Crippen LogP contribution in [0.2, 0.25) is 6.04 Å². The van der Waals surface area contributed by atoms with Crippen LogP contribution in [0.4, 0.5) is 0 Å². The van der Waals surface area contributed by atoms with Crippen LogP contribution in [0.3, 0.4) is 0 Å². The minimum absolute atomic E-state index is 0.0326. The minimum Gasteiger partial charge on any atom is -0.388 e. The van der Waals surface area contributed by atoms with Gasteiger partial charge in [0.15, 0.2) is 0 Å². The second-order valence-electron chi connectivity index (χ2n) is 6.90. The summed E-state index contributed by atoms with van der Waals surface area (Å²) in [4.78, 5) is 39.1. The maximum atomic E-state index is 11.9. The molecule has 0 radical (unpaired) electrons. The Labute approximate surface area is 158 Å². The average molecular weight is 394 g/mol. The summed E-state index contributed by atoms with van der Waals surface area (Å²) in [6, 6.07) is 10.4. The molecule has 148 valence electrons. The molecule has 2 rings (SSSR count). The first kappa shape index (κ1) is 21.1. The van der Waals surface area contributed by atoms with Gasteiger partial charge in [0.25, 0.3) is 0 Å². The second-order valence-corrected chi connectivity index (χ2v) is 9.95. The van der Waals surface area contributed by atoms with Crippen LogP contribution in [-0.2, 0) is 15.4 Å². The zero-order chi connectivity index (χ0) is 20.0. The van der Waals surface area contributed by atoms with Gasteiger partial charge < -0.3 is 8.85 Å². The fourth-order valence-corrected chi connectivity index (χ4v) is 6.70. The molecule has 0 amide bonds. The van der Waals surface area contributed by atoms with Crippen molar-refractivity contribution in [1.29, 1.82) is 0 Å². The van der Waals surface area contributed by atoms with Gasteiger partial charge in [-0.3, -0.25) is 9.97 Å². The van der Waals surface area contributed by atoms with E-state index in [4.69, 9.17) is 8.85 Å². The molecule has 0 aliphatic rings. The van der Waals surface area contributed by atoms with Crippen molar-refractivity contribution in [2.24, 2.45) is 0 Å². The molecule has 1 aromatic carbocycles. The molecular weight excluding hydrogens is 366 g/mol. The number of nitrogens with zero attached hydrogens (tertiary/aromatic N) is 1. The first-order valence-corrected chi connectivity index (χ1v) is 11.1. The molecule has 0 bridgehead atoms. The summed E-state index contributed by atoms with van der Waals surface area (Å²) >= 11 is 0. The van der Waals surface area contributed by atoms with Gasteiger partial charge in [0.05, 0.1) is 0 Å². The zero-order valence-corrected chi connectivity index (χ0v) is 17.2. The zero-order valence-electron chi connectivity index (χ0n) is 16.2. The third-order valence-electron chi connectivity index (χ3n) is 3.88. The van der Waals surface area contributed by atoms with Gasteiger partial charge in [-0.25, -0.2) is 19.0 Å². The Balaban J connectivity index is 2.30. The van der Waals surface area contributed by atoms with Gasteiger partial charge >= 0.3 is 25.6 Å². The maximum absolute atomic E-state index is 11.9. The van der Waals surface area contributed by atoms with Crippen molar-refractivity contribution in [2.45, 2.75) is 58.9 Å². The number of nitrogens with one attached hydrogen (secondary N) is 2. The Kier molecular flexibility index (Phi) is 7.11. The summed E-state index contributed by atoms with van der Waals surface area (Å²) in [6.45, 7) is 8.02. The number of hydrogen-bond donors (Lipinski definition) is 2. The molecule has 0 fully saturated rings. The molecule has 0 unspecified atom stereocenters. The molecule has 0 saturated heterocycles. The monoisotopic (exact) mass is 393 g/mol. The van der Waals surface area contributed by atoms with Crippen LogP contribution >= 0.6 is 0 Å². The highest BCUT2D eigenvalue weighted by Crippen LogP contribution is 2.21. The first-order chi connectivity index (χ1) is 12.7. The normalized spacial score (nSPS) is 12.1. The average Bonchev–Trinajstić information content (AvgIpc) is 2.56. The number of H-pyrrole nitrogens is 2. The van der Waals surface area contributed by atoms with E-state index in [9.17, 15) is 14.4 Å². The van der Waals surface area contributed by atoms with Crippen molar-refractivity contribution >= 4 is 13.7 Å². The van der Waals surface area contributed by atoms with Crippen molar-refractivity contribution in [1.82, 2.24) is 14.5 Å². The molecule has 0 aliphatic carbocycles. The van der Waals surface area contributed by atoms with Crippen molar-refractivity contribution < 1.29 is 8.85 Å². The fourth-order valence-electron chi connectivity index (χ4n) is 3.01. The SMILES string of the molecule is CC(C)O[Si](CCCn1c(=O)[nH]c(=O)[nH]c1=O)(OC(C)C)c1ccccc1. The summed E-state index contributed by atoms with van der Waals surface area (Å²) in [5, 5.41) is 1.01. The van der Waals surface area contributed by atoms with Crippen LogP contribution in [0.15, 0.2) is 44.7 Å². The summed E-state index contributed by atoms with van der Waals surface area (Å²) in [5.74, 6) is 0. The highest BCUT2D eigenvalue weighted by Gasteiger charge is 2.41. The van der Waals surface area contributed by atoms with E-state index in [1.807, 2.05) is 58.0 Å². The summed E-state index contributed by atoms with van der Waals surface area (Å²) in [7, 11) is -2.80. The highest BCUT2D eigenvalue weighted by molar-refractivity contribution is 6.81. The van der Waals surface area contributed by atoms with Crippen LogP contribution in [-0.4, -0.2) is 35.3 Å². The molecule has 0 aliphatic heterocycles. The molecule has 0 spiro atoms. The maximum Gasteiger partial charge on any atom is 0.373 e. The van der Waals surface area contributed by atoms with Crippen LogP contribution in [0.1, 0.15) is 34.1 Å². The Hall–Kier alpha value is -2.23. The number of aromatic nitrogens is 3. The first-order valence-electron chi connectivity index (χ1n) is 9.08. The Morgan fingerprint density at radius 3 is 1.93 bits per heavy atom. The summed E-state index contributed by atoms with van der Waals surface area (Å²) < 4.78 is 13.7. The standard InChI is InChI=1S/C18H27N3O5Si/c1-13(2)25-27(26-14(3)4,15-9-6-5-7-10-15)12-8-11-21-17(23)19-16(22)20-18(21)24/h5-7,9-10,13-14H,8,11-12H2,1-4H3,(H2,19,20,22,23,24). The largest absolute Gasteiger partial charge is 0.388 e. The van der Waals surface area contributed by atoms with Gasteiger partial charge in [0.2, 0.25) is 0 Å². The van der Waals surface area contributed by atoms with E-state index >= 15 is 0 Å². The Morgan fingerprint density at radius 1 is 0.926 bits per heavy atom. The van der Waals surface area contributed by atoms with Gasteiger partial charge in [0.1, 0.15) is 0 Å². The summed E-state index contributed by atoms with van der Waals surface area (Å²) in [6.07, 6.45) is 0.430. The van der Waals surface area contributed by atoms with E-state index in [1.54, 1.807) is 0 Å². The van der Waals surface area contributed by atoms with Gasteiger partial charge in [-0.15, -0.1) is 0 Å². The number of hydrogen-bond acceptors (Lipinski definition) is 5. The molecule has 0 atom stereocenters. The molecule has 8 nitrogen and oxygen atoms in total. The lowest BCUT2D eigenvalue weighted by molar-refractivity contribution is 0.114. The predicted molar refractivity (Wildman–Crippen MR) is 106 cm³/mol. The molecule has 9 heteroatoms. The smallest absolute Gasteiger partial charge is 0.373 e. The molecule has 0 saturated carbocycles. The van der Waals surface area contributed by atoms with Crippen molar-refractivity contribution in [3.8, 4) is 0 Å². The molecule has 1 heterocycles. The quantitative estimate of drug-likeness (QED) is 0.614. The lowest BCUT2D eigenvalue weighted by Gasteiger charge is -2.34. The summed E-state index contributed by atoms with van der Waals surface area (Å²) in [5.41, 5.74) is -2.24. The van der Waals surface area contributed by atoms with E-state index in [1.165, 1.54) is 0 Å². The Bertz CT molecular complexity index is 857. The highest BCUT2D eigenvalue weighted by atomic mass is 28.4. The number of aromatic amines is 2. The molecular formula is C18H27N3O5Si. The van der Waals surface area contributed by atoms with Gasteiger partial charge in [-0.1, -0.05) is 30.3 Å². The fraction of sp³-hybridized carbons (Fsp3) is 0.500. The van der Waals surface area contributed by atoms with Gasteiger partial charge in [-0.2, -0.15) is 0 Å². The second kappa shape index (κ2) is 9.11. The van der Waals surface area contributed by atoms with Gasteiger partial charge in [-0.05, 0) is 45.3 Å². The number of rotatable bonds is 9.